The van der Waals surface area contributed by atoms with Gasteiger partial charge >= 0.3 is 0 Å². The van der Waals surface area contributed by atoms with Crippen LogP contribution in [0.1, 0.15) is 24.1 Å². The lowest BCUT2D eigenvalue weighted by Gasteiger charge is -2.06. The topological polar surface area (TPSA) is 46.3 Å². The van der Waals surface area contributed by atoms with Crippen LogP contribution >= 0.6 is 0 Å². The molecule has 0 unspecified atom stereocenters. The Morgan fingerprint density at radius 2 is 2.21 bits per heavy atom. The van der Waals surface area contributed by atoms with Crippen LogP contribution in [0.3, 0.4) is 0 Å². The Labute approximate surface area is 81.3 Å². The summed E-state index contributed by atoms with van der Waals surface area (Å²) in [4.78, 5) is 0. The maximum absolute atomic E-state index is 10.0. The molecule has 1 saturated carbocycles. The third-order valence-electron chi connectivity index (χ3n) is 2.90. The van der Waals surface area contributed by atoms with Crippen LogP contribution in [0.25, 0.3) is 11.0 Å². The van der Waals surface area contributed by atoms with Gasteiger partial charge in [0.05, 0.1) is 11.3 Å². The van der Waals surface area contributed by atoms with Gasteiger partial charge in [0, 0.05) is 10.9 Å². The maximum Gasteiger partial charge on any atom is 0.173 e. The van der Waals surface area contributed by atoms with Crippen LogP contribution in [0.5, 0.6) is 0 Å². The van der Waals surface area contributed by atoms with Gasteiger partial charge in [-0.3, -0.25) is 0 Å². The van der Waals surface area contributed by atoms with Gasteiger partial charge in [0.25, 0.3) is 0 Å². The summed E-state index contributed by atoms with van der Waals surface area (Å²) in [7, 11) is 0. The van der Waals surface area contributed by atoms with E-state index in [4.69, 9.17) is 4.52 Å². The van der Waals surface area contributed by atoms with Crippen LogP contribution in [0.4, 0.5) is 0 Å². The van der Waals surface area contributed by atoms with Gasteiger partial charge in [0.2, 0.25) is 0 Å². The smallest absolute Gasteiger partial charge is 0.173 e. The monoisotopic (exact) mass is 189 g/mol. The zero-order valence-electron chi connectivity index (χ0n) is 7.95. The molecule has 0 aliphatic heterocycles. The van der Waals surface area contributed by atoms with Crippen molar-refractivity contribution in [2.45, 2.75) is 25.4 Å². The highest BCUT2D eigenvalue weighted by Gasteiger charge is 2.44. The summed E-state index contributed by atoms with van der Waals surface area (Å²) in [6.45, 7) is 1.91. The normalized spacial score (nSPS) is 18.7. The quantitative estimate of drug-likeness (QED) is 0.747. The van der Waals surface area contributed by atoms with E-state index < -0.39 is 5.60 Å². The van der Waals surface area contributed by atoms with E-state index in [1.165, 1.54) is 0 Å². The second-order valence-electron chi connectivity index (χ2n) is 3.98. The second kappa shape index (κ2) is 2.36. The summed E-state index contributed by atoms with van der Waals surface area (Å²) in [6, 6.07) is 5.83. The van der Waals surface area contributed by atoms with Crippen LogP contribution < -0.4 is 0 Å². The van der Waals surface area contributed by atoms with Gasteiger partial charge in [0.1, 0.15) is 0 Å². The Morgan fingerprint density at radius 3 is 2.93 bits per heavy atom. The molecule has 14 heavy (non-hydrogen) atoms. The third kappa shape index (κ3) is 0.930. The fourth-order valence-corrected chi connectivity index (χ4v) is 1.84. The molecule has 2 aromatic rings. The maximum atomic E-state index is 10.0. The minimum atomic E-state index is -0.647. The van der Waals surface area contributed by atoms with Crippen LogP contribution in [0, 0.1) is 6.92 Å². The van der Waals surface area contributed by atoms with E-state index in [1.54, 1.807) is 0 Å². The van der Waals surface area contributed by atoms with Crippen molar-refractivity contribution in [3.8, 4) is 0 Å². The molecule has 0 bridgehead atoms. The van der Waals surface area contributed by atoms with E-state index in [-0.39, 0.29) is 0 Å². The number of benzene rings is 1. The second-order valence-corrected chi connectivity index (χ2v) is 3.98. The number of hydrogen-bond donors (Lipinski definition) is 1. The lowest BCUT2D eigenvalue weighted by molar-refractivity contribution is 0.151. The van der Waals surface area contributed by atoms with Crippen LogP contribution in [-0.4, -0.2) is 10.3 Å². The molecule has 3 rings (SSSR count). The zero-order valence-corrected chi connectivity index (χ0v) is 7.95. The Balaban J connectivity index is 2.34. The zero-order chi connectivity index (χ0) is 9.76. The van der Waals surface area contributed by atoms with E-state index in [2.05, 4.69) is 5.16 Å². The first-order chi connectivity index (χ1) is 6.71. The van der Waals surface area contributed by atoms with Crippen molar-refractivity contribution in [3.63, 3.8) is 0 Å². The van der Waals surface area contributed by atoms with Crippen LogP contribution in [0.2, 0.25) is 0 Å². The van der Waals surface area contributed by atoms with Gasteiger partial charge in [-0.1, -0.05) is 17.3 Å². The van der Waals surface area contributed by atoms with Crippen molar-refractivity contribution in [2.75, 3.05) is 0 Å². The lowest BCUT2D eigenvalue weighted by Crippen LogP contribution is -2.03. The highest BCUT2D eigenvalue weighted by molar-refractivity contribution is 5.83. The summed E-state index contributed by atoms with van der Waals surface area (Å²) in [5.74, 6) is 0. The van der Waals surface area contributed by atoms with Crippen molar-refractivity contribution in [1.29, 1.82) is 0 Å². The molecule has 1 heterocycles. The minimum Gasteiger partial charge on any atom is -0.385 e. The van der Waals surface area contributed by atoms with Gasteiger partial charge < -0.3 is 9.63 Å². The van der Waals surface area contributed by atoms with Crippen molar-refractivity contribution in [3.05, 3.63) is 29.5 Å². The number of rotatable bonds is 1. The van der Waals surface area contributed by atoms with Gasteiger partial charge in [-0.15, -0.1) is 0 Å². The summed E-state index contributed by atoms with van der Waals surface area (Å²) >= 11 is 0. The molecule has 3 heteroatoms. The van der Waals surface area contributed by atoms with Crippen LogP contribution in [0.15, 0.2) is 22.7 Å². The molecule has 1 fully saturated rings. The molecule has 1 aromatic heterocycles. The number of hydrogen-bond acceptors (Lipinski definition) is 3. The Hall–Kier alpha value is -1.35. The number of para-hydroxylation sites is 1. The molecule has 0 spiro atoms. The SMILES string of the molecule is Cc1noc2c(C3(O)CC3)cccc12. The number of aromatic nitrogens is 1. The Bertz CT molecular complexity index is 497. The molecular weight excluding hydrogens is 178 g/mol. The van der Waals surface area contributed by atoms with E-state index in [0.29, 0.717) is 0 Å². The highest BCUT2D eigenvalue weighted by atomic mass is 16.5. The fourth-order valence-electron chi connectivity index (χ4n) is 1.84. The number of aliphatic hydroxyl groups is 1. The van der Waals surface area contributed by atoms with E-state index >= 15 is 0 Å². The molecule has 0 amide bonds. The molecule has 3 nitrogen and oxygen atoms in total. The standard InChI is InChI=1S/C11H11NO2/c1-7-8-3-2-4-9(10(8)14-12-7)11(13)5-6-11/h2-4,13H,5-6H2,1H3. The summed E-state index contributed by atoms with van der Waals surface area (Å²) in [6.07, 6.45) is 1.65. The molecular formula is C11H11NO2. The summed E-state index contributed by atoms with van der Waals surface area (Å²) in [5, 5.41) is 14.9. The average Bonchev–Trinajstić information content (AvgIpc) is 2.83. The van der Waals surface area contributed by atoms with Crippen molar-refractivity contribution in [1.82, 2.24) is 5.16 Å². The highest BCUT2D eigenvalue weighted by Crippen LogP contribution is 2.47. The van der Waals surface area contributed by atoms with Gasteiger partial charge in [-0.25, -0.2) is 0 Å². The molecule has 1 N–H and O–H groups in total. The molecule has 1 aliphatic rings. The lowest BCUT2D eigenvalue weighted by atomic mass is 10.0. The molecule has 0 radical (unpaired) electrons. The minimum absolute atomic E-state index is 0.647. The van der Waals surface area contributed by atoms with E-state index in [9.17, 15) is 5.11 Å². The largest absolute Gasteiger partial charge is 0.385 e. The molecule has 1 aromatic carbocycles. The predicted molar refractivity (Wildman–Crippen MR) is 51.9 cm³/mol. The van der Waals surface area contributed by atoms with Crippen LogP contribution in [-0.2, 0) is 5.60 Å². The Kier molecular flexibility index (Phi) is 1.35. The summed E-state index contributed by atoms with van der Waals surface area (Å²) in [5.41, 5.74) is 1.86. The number of aryl methyl sites for hydroxylation is 1. The van der Waals surface area contributed by atoms with E-state index in [0.717, 1.165) is 35.1 Å². The van der Waals surface area contributed by atoms with Gasteiger partial charge in [-0.05, 0) is 25.8 Å². The first-order valence-electron chi connectivity index (χ1n) is 4.79. The first-order valence-corrected chi connectivity index (χ1v) is 4.79. The van der Waals surface area contributed by atoms with E-state index in [1.807, 2.05) is 25.1 Å². The molecule has 1 aliphatic carbocycles. The summed E-state index contributed by atoms with van der Waals surface area (Å²) < 4.78 is 5.24. The third-order valence-corrected chi connectivity index (χ3v) is 2.90. The van der Waals surface area contributed by atoms with Crippen molar-refractivity contribution >= 4 is 11.0 Å². The van der Waals surface area contributed by atoms with Gasteiger partial charge in [0.15, 0.2) is 5.58 Å². The molecule has 72 valence electrons. The number of nitrogens with zero attached hydrogens (tertiary/aromatic N) is 1. The predicted octanol–water partition coefficient (Wildman–Crippen LogP) is 2.12. The van der Waals surface area contributed by atoms with Gasteiger partial charge in [-0.2, -0.15) is 0 Å². The first kappa shape index (κ1) is 8.00. The average molecular weight is 189 g/mol. The molecule has 0 atom stereocenters. The molecule has 0 saturated heterocycles. The Morgan fingerprint density at radius 1 is 1.43 bits per heavy atom. The van der Waals surface area contributed by atoms with Crippen molar-refractivity contribution in [2.24, 2.45) is 0 Å². The number of fused-ring (bicyclic) bond motifs is 1. The fraction of sp³-hybridized carbons (Fsp3) is 0.364. The van der Waals surface area contributed by atoms with Crippen molar-refractivity contribution < 1.29 is 9.63 Å².